The van der Waals surface area contributed by atoms with Crippen LogP contribution in [0.3, 0.4) is 0 Å². The first-order valence-electron chi connectivity index (χ1n) is 8.47. The van der Waals surface area contributed by atoms with Gasteiger partial charge in [-0.15, -0.1) is 11.3 Å². The molecule has 0 saturated heterocycles. The van der Waals surface area contributed by atoms with E-state index in [1.807, 2.05) is 0 Å². The lowest BCUT2D eigenvalue weighted by atomic mass is 10.1. The number of hydrogen-bond acceptors (Lipinski definition) is 6. The van der Waals surface area contributed by atoms with E-state index in [9.17, 15) is 14.4 Å². The van der Waals surface area contributed by atoms with Crippen LogP contribution in [0.2, 0.25) is 0 Å². The van der Waals surface area contributed by atoms with Gasteiger partial charge in [-0.2, -0.15) is 0 Å². The molecular formula is C19H20N2O4S. The molecule has 1 aromatic carbocycles. The quantitative estimate of drug-likeness (QED) is 0.575. The maximum Gasteiger partial charge on any atom is 0.350 e. The smallest absolute Gasteiger partial charge is 0.350 e. The molecule has 6 nitrogen and oxygen atoms in total. The molecule has 2 amide bonds. The summed E-state index contributed by atoms with van der Waals surface area (Å²) < 4.78 is 5.27. The zero-order valence-electron chi connectivity index (χ0n) is 14.9. The molecule has 0 spiro atoms. The summed E-state index contributed by atoms with van der Waals surface area (Å²) in [4.78, 5) is 42.8. The number of aryl methyl sites for hydroxylation is 1. The number of esters is 1. The van der Waals surface area contributed by atoms with Gasteiger partial charge < -0.3 is 4.74 Å². The molecule has 1 aliphatic heterocycles. The average molecular weight is 372 g/mol. The SMILES string of the molecule is Cc1nc(CC(C)C)sc1C(=O)OCCN1C(=O)c2ccccc2C1=O. The number of carbonyl (C=O) groups excluding carboxylic acids is 3. The zero-order chi connectivity index (χ0) is 18.8. The molecule has 2 aromatic rings. The Morgan fingerprint density at radius 1 is 1.19 bits per heavy atom. The van der Waals surface area contributed by atoms with Crippen LogP contribution in [0.5, 0.6) is 0 Å². The van der Waals surface area contributed by atoms with Crippen LogP contribution in [-0.4, -0.2) is 40.8 Å². The van der Waals surface area contributed by atoms with E-state index >= 15 is 0 Å². The van der Waals surface area contributed by atoms with E-state index in [0.29, 0.717) is 27.6 Å². The van der Waals surface area contributed by atoms with Crippen molar-refractivity contribution in [2.45, 2.75) is 27.2 Å². The van der Waals surface area contributed by atoms with Gasteiger partial charge in [-0.25, -0.2) is 9.78 Å². The van der Waals surface area contributed by atoms with Gasteiger partial charge in [0.05, 0.1) is 28.4 Å². The molecule has 136 valence electrons. The van der Waals surface area contributed by atoms with Gasteiger partial charge in [0.2, 0.25) is 0 Å². The van der Waals surface area contributed by atoms with Crippen molar-refractivity contribution < 1.29 is 19.1 Å². The fraction of sp³-hybridized carbons (Fsp3) is 0.368. The van der Waals surface area contributed by atoms with Crippen molar-refractivity contribution >= 4 is 29.1 Å². The lowest BCUT2D eigenvalue weighted by molar-refractivity contribution is 0.0423. The Morgan fingerprint density at radius 3 is 2.38 bits per heavy atom. The molecule has 0 atom stereocenters. The molecule has 2 heterocycles. The Morgan fingerprint density at radius 2 is 1.81 bits per heavy atom. The molecule has 7 heteroatoms. The van der Waals surface area contributed by atoms with Crippen LogP contribution in [0.25, 0.3) is 0 Å². The minimum atomic E-state index is -0.466. The molecule has 0 aliphatic carbocycles. The van der Waals surface area contributed by atoms with Gasteiger partial charge in [0, 0.05) is 6.42 Å². The summed E-state index contributed by atoms with van der Waals surface area (Å²) in [5.74, 6) is -0.713. The second-order valence-corrected chi connectivity index (χ2v) is 7.65. The second-order valence-electron chi connectivity index (χ2n) is 6.56. The summed E-state index contributed by atoms with van der Waals surface area (Å²) in [5, 5.41) is 0.907. The van der Waals surface area contributed by atoms with Crippen LogP contribution in [-0.2, 0) is 11.2 Å². The number of fused-ring (bicyclic) bond motifs is 1. The molecule has 1 aromatic heterocycles. The highest BCUT2D eigenvalue weighted by Gasteiger charge is 2.34. The van der Waals surface area contributed by atoms with Crippen LogP contribution in [0.4, 0.5) is 0 Å². The van der Waals surface area contributed by atoms with Crippen molar-refractivity contribution in [2.75, 3.05) is 13.2 Å². The number of benzene rings is 1. The predicted molar refractivity (Wildman–Crippen MR) is 97.5 cm³/mol. The van der Waals surface area contributed by atoms with Crippen molar-refractivity contribution in [3.8, 4) is 0 Å². The van der Waals surface area contributed by atoms with Crippen molar-refractivity contribution in [1.29, 1.82) is 0 Å². The first-order chi connectivity index (χ1) is 12.4. The van der Waals surface area contributed by atoms with Gasteiger partial charge in [0.1, 0.15) is 11.5 Å². The van der Waals surface area contributed by atoms with E-state index in [1.165, 1.54) is 11.3 Å². The molecule has 0 unspecified atom stereocenters. The maximum atomic E-state index is 12.3. The Kier molecular flexibility index (Phi) is 5.18. The highest BCUT2D eigenvalue weighted by atomic mass is 32.1. The minimum Gasteiger partial charge on any atom is -0.460 e. The maximum absolute atomic E-state index is 12.3. The largest absolute Gasteiger partial charge is 0.460 e. The minimum absolute atomic E-state index is 0.0365. The lowest BCUT2D eigenvalue weighted by Gasteiger charge is -2.13. The first kappa shape index (κ1) is 18.3. The third-order valence-corrected chi connectivity index (χ3v) is 5.20. The third kappa shape index (κ3) is 3.53. The topological polar surface area (TPSA) is 76.6 Å². The van der Waals surface area contributed by atoms with Crippen LogP contribution >= 0.6 is 11.3 Å². The Hall–Kier alpha value is -2.54. The van der Waals surface area contributed by atoms with E-state index in [1.54, 1.807) is 31.2 Å². The van der Waals surface area contributed by atoms with Crippen LogP contribution in [0.1, 0.15) is 54.9 Å². The monoisotopic (exact) mass is 372 g/mol. The zero-order valence-corrected chi connectivity index (χ0v) is 15.8. The fourth-order valence-corrected chi connectivity index (χ4v) is 3.99. The van der Waals surface area contributed by atoms with Gasteiger partial charge >= 0.3 is 5.97 Å². The van der Waals surface area contributed by atoms with Gasteiger partial charge in [-0.3, -0.25) is 14.5 Å². The molecule has 3 rings (SSSR count). The number of imide groups is 1. The van der Waals surface area contributed by atoms with E-state index in [2.05, 4.69) is 18.8 Å². The standard InChI is InChI=1S/C19H20N2O4S/c1-11(2)10-15-20-12(3)16(26-15)19(24)25-9-8-21-17(22)13-6-4-5-7-14(13)18(21)23/h4-7,11H,8-10H2,1-3H3. The number of thiazole rings is 1. The number of hydrogen-bond donors (Lipinski definition) is 0. The predicted octanol–water partition coefficient (Wildman–Crippen LogP) is 3.10. The summed E-state index contributed by atoms with van der Waals surface area (Å²) in [6.45, 7) is 5.96. The Labute approximate surface area is 155 Å². The normalized spacial score (nSPS) is 13.5. The molecule has 0 radical (unpaired) electrons. The highest BCUT2D eigenvalue weighted by Crippen LogP contribution is 2.23. The Bertz CT molecular complexity index is 837. The molecule has 0 fully saturated rings. The van der Waals surface area contributed by atoms with Gasteiger partial charge in [-0.1, -0.05) is 26.0 Å². The highest BCUT2D eigenvalue weighted by molar-refractivity contribution is 7.13. The summed E-state index contributed by atoms with van der Waals surface area (Å²) in [7, 11) is 0. The van der Waals surface area contributed by atoms with E-state index in [0.717, 1.165) is 16.3 Å². The van der Waals surface area contributed by atoms with Crippen molar-refractivity contribution in [3.05, 3.63) is 51.0 Å². The van der Waals surface area contributed by atoms with Crippen molar-refractivity contribution in [3.63, 3.8) is 0 Å². The number of ether oxygens (including phenoxy) is 1. The van der Waals surface area contributed by atoms with Gasteiger partial charge in [0.15, 0.2) is 0 Å². The van der Waals surface area contributed by atoms with Crippen LogP contribution < -0.4 is 0 Å². The number of nitrogens with zero attached hydrogens (tertiary/aromatic N) is 2. The van der Waals surface area contributed by atoms with Gasteiger partial charge in [-0.05, 0) is 25.0 Å². The number of amides is 2. The molecule has 26 heavy (non-hydrogen) atoms. The Balaban J connectivity index is 1.59. The number of aromatic nitrogens is 1. The summed E-state index contributed by atoms with van der Waals surface area (Å²) in [6, 6.07) is 6.68. The average Bonchev–Trinajstić information content (AvgIpc) is 3.07. The van der Waals surface area contributed by atoms with Gasteiger partial charge in [0.25, 0.3) is 11.8 Å². The molecule has 1 aliphatic rings. The van der Waals surface area contributed by atoms with E-state index in [4.69, 9.17) is 4.74 Å². The van der Waals surface area contributed by atoms with Crippen molar-refractivity contribution in [2.24, 2.45) is 5.92 Å². The summed E-state index contributed by atoms with van der Waals surface area (Å²) in [5.41, 5.74) is 1.43. The van der Waals surface area contributed by atoms with Crippen molar-refractivity contribution in [1.82, 2.24) is 9.88 Å². The number of rotatable bonds is 6. The van der Waals surface area contributed by atoms with Crippen LogP contribution in [0, 0.1) is 12.8 Å². The first-order valence-corrected chi connectivity index (χ1v) is 9.28. The fourth-order valence-electron chi connectivity index (χ4n) is 2.82. The summed E-state index contributed by atoms with van der Waals surface area (Å²) >= 11 is 1.34. The van der Waals surface area contributed by atoms with Crippen LogP contribution in [0.15, 0.2) is 24.3 Å². The lowest BCUT2D eigenvalue weighted by Crippen LogP contribution is -2.33. The third-order valence-electron chi connectivity index (χ3n) is 4.04. The second kappa shape index (κ2) is 7.37. The van der Waals surface area contributed by atoms with E-state index in [-0.39, 0.29) is 25.0 Å². The number of carbonyl (C=O) groups is 3. The van der Waals surface area contributed by atoms with E-state index < -0.39 is 5.97 Å². The molecule has 0 saturated carbocycles. The molecule has 0 bridgehead atoms. The summed E-state index contributed by atoms with van der Waals surface area (Å²) in [6.07, 6.45) is 0.813. The molecule has 0 N–H and O–H groups in total. The molecular weight excluding hydrogens is 352 g/mol.